The monoisotopic (exact) mass is 244 g/mol. The molecule has 0 fully saturated rings. The van der Waals surface area contributed by atoms with Crippen LogP contribution in [0.2, 0.25) is 0 Å². The molecule has 0 atom stereocenters. The Morgan fingerprint density at radius 2 is 0.944 bits per heavy atom. The molecule has 4 heteroatoms. The lowest BCUT2D eigenvalue weighted by atomic mass is 10.1. The number of allylic oxidation sites excluding steroid dienone is 8. The second kappa shape index (κ2) is 5.82. The van der Waals surface area contributed by atoms with Gasteiger partial charge in [0, 0.05) is 11.1 Å². The second-order valence-electron chi connectivity index (χ2n) is 3.85. The molecule has 0 amide bonds. The molecular weight excluding hydrogens is 232 g/mol. The molecule has 0 heterocycles. The van der Waals surface area contributed by atoms with Gasteiger partial charge in [-0.05, 0) is 50.3 Å². The molecule has 0 unspecified atom stereocenters. The first-order valence-corrected chi connectivity index (χ1v) is 5.29. The molecule has 0 aromatic heterocycles. The molecule has 0 saturated carbocycles. The lowest BCUT2D eigenvalue weighted by molar-refractivity contribution is -0.114. The minimum absolute atomic E-state index is 0.0744. The lowest BCUT2D eigenvalue weighted by Crippen LogP contribution is -2.03. The van der Waals surface area contributed by atoms with Crippen LogP contribution in [0.1, 0.15) is 13.8 Å². The minimum Gasteiger partial charge on any atom is -0.290 e. The van der Waals surface area contributed by atoms with E-state index in [2.05, 4.69) is 0 Å². The zero-order valence-electron chi connectivity index (χ0n) is 10.1. The fraction of sp³-hybridized carbons (Fsp3) is 0.143. The molecule has 0 aromatic carbocycles. The molecule has 0 bridgehead atoms. The van der Waals surface area contributed by atoms with E-state index >= 15 is 0 Å². The molecule has 0 N–H and O–H groups in total. The van der Waals surface area contributed by atoms with E-state index in [4.69, 9.17) is 0 Å². The van der Waals surface area contributed by atoms with Crippen molar-refractivity contribution in [2.24, 2.45) is 0 Å². The maximum Gasteiger partial charge on any atom is 0.181 e. The van der Waals surface area contributed by atoms with Gasteiger partial charge in [-0.3, -0.25) is 19.2 Å². The first kappa shape index (κ1) is 13.7. The highest BCUT2D eigenvalue weighted by Crippen LogP contribution is 2.02. The maximum atomic E-state index is 10.6. The molecule has 0 aromatic rings. The Kier molecular flexibility index (Phi) is 4.43. The van der Waals surface area contributed by atoms with Crippen LogP contribution in [0, 0.1) is 0 Å². The summed E-state index contributed by atoms with van der Waals surface area (Å²) in [6, 6.07) is 0. The molecule has 0 spiro atoms. The number of ketones is 4. The van der Waals surface area contributed by atoms with Gasteiger partial charge in [0.15, 0.2) is 23.1 Å². The van der Waals surface area contributed by atoms with Gasteiger partial charge < -0.3 is 0 Å². The third-order valence-corrected chi connectivity index (χ3v) is 2.29. The molecule has 2 rings (SSSR count). The van der Waals surface area contributed by atoms with E-state index in [1.807, 2.05) is 0 Å². The van der Waals surface area contributed by atoms with Crippen LogP contribution < -0.4 is 0 Å². The topological polar surface area (TPSA) is 68.3 Å². The fourth-order valence-electron chi connectivity index (χ4n) is 1.24. The summed E-state index contributed by atoms with van der Waals surface area (Å²) < 4.78 is 0. The Morgan fingerprint density at radius 3 is 1.17 bits per heavy atom. The smallest absolute Gasteiger partial charge is 0.181 e. The fourth-order valence-corrected chi connectivity index (χ4v) is 1.24. The van der Waals surface area contributed by atoms with Gasteiger partial charge in [-0.1, -0.05) is 0 Å². The van der Waals surface area contributed by atoms with Crippen LogP contribution in [0.25, 0.3) is 0 Å². The van der Waals surface area contributed by atoms with Gasteiger partial charge in [-0.2, -0.15) is 0 Å². The van der Waals surface area contributed by atoms with Crippen molar-refractivity contribution in [1.29, 1.82) is 0 Å². The number of carbonyl (C=O) groups excluding carboxylic acids is 4. The van der Waals surface area contributed by atoms with E-state index < -0.39 is 0 Å². The van der Waals surface area contributed by atoms with Crippen LogP contribution in [-0.4, -0.2) is 23.1 Å². The van der Waals surface area contributed by atoms with Crippen LogP contribution in [0.5, 0.6) is 0 Å². The van der Waals surface area contributed by atoms with E-state index in [0.717, 1.165) is 0 Å². The van der Waals surface area contributed by atoms with Crippen molar-refractivity contribution in [2.45, 2.75) is 13.8 Å². The van der Waals surface area contributed by atoms with Crippen molar-refractivity contribution in [3.63, 3.8) is 0 Å². The Bertz CT molecular complexity index is 492. The van der Waals surface area contributed by atoms with E-state index in [1.165, 1.54) is 36.5 Å². The number of hydrogen-bond donors (Lipinski definition) is 0. The van der Waals surface area contributed by atoms with Crippen LogP contribution in [0.3, 0.4) is 0 Å². The van der Waals surface area contributed by atoms with Gasteiger partial charge in [0.1, 0.15) is 0 Å². The first-order valence-electron chi connectivity index (χ1n) is 5.29. The summed E-state index contributed by atoms with van der Waals surface area (Å²) in [5, 5.41) is 0. The highest BCUT2D eigenvalue weighted by atomic mass is 16.1. The third kappa shape index (κ3) is 3.90. The zero-order chi connectivity index (χ0) is 13.7. The summed E-state index contributed by atoms with van der Waals surface area (Å²) in [4.78, 5) is 42.3. The lowest BCUT2D eigenvalue weighted by Gasteiger charge is -1.96. The Balaban J connectivity index is 0.000000180. The van der Waals surface area contributed by atoms with Crippen molar-refractivity contribution in [3.8, 4) is 0 Å². The first-order chi connectivity index (χ1) is 8.40. The quantitative estimate of drug-likeness (QED) is 0.602. The van der Waals surface area contributed by atoms with Gasteiger partial charge in [0.2, 0.25) is 0 Å². The highest BCUT2D eigenvalue weighted by Gasteiger charge is 2.07. The molecule has 4 nitrogen and oxygen atoms in total. The second-order valence-corrected chi connectivity index (χ2v) is 3.85. The molecule has 0 radical (unpaired) electrons. The third-order valence-electron chi connectivity index (χ3n) is 2.29. The summed E-state index contributed by atoms with van der Waals surface area (Å²) >= 11 is 0. The summed E-state index contributed by atoms with van der Waals surface area (Å²) in [5.74, 6) is -0.358. The van der Waals surface area contributed by atoms with Crippen molar-refractivity contribution in [3.05, 3.63) is 47.6 Å². The van der Waals surface area contributed by atoms with Crippen LogP contribution >= 0.6 is 0 Å². The Hall–Kier alpha value is -2.36. The molecule has 92 valence electrons. The zero-order valence-corrected chi connectivity index (χ0v) is 10.1. The van der Waals surface area contributed by atoms with Crippen molar-refractivity contribution in [1.82, 2.24) is 0 Å². The average Bonchev–Trinajstić information content (AvgIpc) is 2.30. The summed E-state index contributed by atoms with van der Waals surface area (Å²) in [5.41, 5.74) is 1.03. The number of carbonyl (C=O) groups is 4. The van der Waals surface area contributed by atoms with Crippen molar-refractivity contribution in [2.75, 3.05) is 0 Å². The molecule has 0 saturated heterocycles. The summed E-state index contributed by atoms with van der Waals surface area (Å²) in [7, 11) is 0. The van der Waals surface area contributed by atoms with Crippen molar-refractivity contribution >= 4 is 23.1 Å². The van der Waals surface area contributed by atoms with Gasteiger partial charge in [-0.15, -0.1) is 0 Å². The van der Waals surface area contributed by atoms with Crippen LogP contribution in [0.4, 0.5) is 0 Å². The summed E-state index contributed by atoms with van der Waals surface area (Å²) in [6.07, 6.45) is 7.80. The number of hydrogen-bond acceptors (Lipinski definition) is 4. The molecule has 2 aliphatic rings. The molecule has 2 aliphatic carbocycles. The largest absolute Gasteiger partial charge is 0.290 e. The normalized spacial score (nSPS) is 18.1. The van der Waals surface area contributed by atoms with Gasteiger partial charge in [0.25, 0.3) is 0 Å². The Labute approximate surface area is 104 Å². The Morgan fingerprint density at radius 1 is 0.611 bits per heavy atom. The molecule has 0 aliphatic heterocycles. The average molecular weight is 244 g/mol. The summed E-state index contributed by atoms with van der Waals surface area (Å²) in [6.45, 7) is 3.26. The van der Waals surface area contributed by atoms with E-state index in [-0.39, 0.29) is 23.1 Å². The van der Waals surface area contributed by atoms with Gasteiger partial charge >= 0.3 is 0 Å². The standard InChI is InChI=1S/2C7H6O2/c2*1-5-4-6(8)2-3-7(5)9/h2*2-4H,1H3. The number of rotatable bonds is 0. The maximum absolute atomic E-state index is 10.6. The SMILES string of the molecule is CC1=CC(=O)C=CC1=O.CC1=CC(=O)C=CC1=O. The predicted octanol–water partition coefficient (Wildman–Crippen LogP) is 1.28. The minimum atomic E-state index is -0.105. The van der Waals surface area contributed by atoms with Gasteiger partial charge in [0.05, 0.1) is 0 Å². The van der Waals surface area contributed by atoms with E-state index in [1.54, 1.807) is 13.8 Å². The van der Waals surface area contributed by atoms with Gasteiger partial charge in [-0.25, -0.2) is 0 Å². The molecular formula is C14H12O4. The predicted molar refractivity (Wildman–Crippen MR) is 65.8 cm³/mol. The van der Waals surface area contributed by atoms with E-state index in [9.17, 15) is 19.2 Å². The highest BCUT2D eigenvalue weighted by molar-refractivity contribution is 6.17. The van der Waals surface area contributed by atoms with E-state index in [0.29, 0.717) is 11.1 Å². The van der Waals surface area contributed by atoms with Crippen LogP contribution in [0.15, 0.2) is 47.6 Å². The van der Waals surface area contributed by atoms with Crippen molar-refractivity contribution < 1.29 is 19.2 Å². The van der Waals surface area contributed by atoms with Crippen LogP contribution in [-0.2, 0) is 19.2 Å². The molecule has 18 heavy (non-hydrogen) atoms.